The maximum absolute atomic E-state index is 14.1. The highest BCUT2D eigenvalue weighted by Gasteiger charge is 2.50. The number of fused-ring (bicyclic) bond motifs is 1. The van der Waals surface area contributed by atoms with Gasteiger partial charge in [-0.25, -0.2) is 14.8 Å². The van der Waals surface area contributed by atoms with Crippen LogP contribution in [0.1, 0.15) is 22.3 Å². The molecule has 4 amide bonds. The number of hydrazine groups is 1. The summed E-state index contributed by atoms with van der Waals surface area (Å²) in [6.07, 6.45) is -0.429. The zero-order valence-electron chi connectivity index (χ0n) is 24.5. The monoisotopic (exact) mass is 570 g/mol. The van der Waals surface area contributed by atoms with E-state index in [-0.39, 0.29) is 43.1 Å². The highest BCUT2D eigenvalue weighted by molar-refractivity contribution is 5.91. The Morgan fingerprint density at radius 2 is 1.69 bits per heavy atom. The number of nitrogens with zero attached hydrogens (tertiary/aromatic N) is 5. The summed E-state index contributed by atoms with van der Waals surface area (Å²) in [5.41, 5.74) is 4.91. The van der Waals surface area contributed by atoms with Crippen molar-refractivity contribution in [3.05, 3.63) is 95.1 Å². The lowest BCUT2D eigenvalue weighted by Crippen LogP contribution is -2.76. The summed E-state index contributed by atoms with van der Waals surface area (Å²) in [5, 5.41) is 16.0. The average Bonchev–Trinajstić information content (AvgIpc) is 2.96. The Kier molecular flexibility index (Phi) is 8.35. The van der Waals surface area contributed by atoms with Crippen molar-refractivity contribution in [1.29, 1.82) is 0 Å². The Balaban J connectivity index is 1.48. The molecule has 3 aromatic rings. The first-order chi connectivity index (χ1) is 20.1. The number of phenolic OH excluding ortho intramolecular Hbond substituents is 1. The summed E-state index contributed by atoms with van der Waals surface area (Å²) in [7, 11) is 5.69. The van der Waals surface area contributed by atoms with Gasteiger partial charge in [0.2, 0.25) is 11.8 Å². The van der Waals surface area contributed by atoms with Crippen molar-refractivity contribution in [2.75, 3.05) is 39.1 Å². The second-order valence-electron chi connectivity index (χ2n) is 11.1. The van der Waals surface area contributed by atoms with Crippen LogP contribution in [-0.2, 0) is 29.1 Å². The second-order valence-corrected chi connectivity index (χ2v) is 11.1. The molecule has 2 saturated heterocycles. The molecule has 5 rings (SSSR count). The molecule has 2 heterocycles. The third-order valence-corrected chi connectivity index (χ3v) is 8.06. The molecule has 2 fully saturated rings. The number of carbonyl (C=O) groups is 3. The Morgan fingerprint density at radius 1 is 0.976 bits per heavy atom. The minimum Gasteiger partial charge on any atom is -0.508 e. The van der Waals surface area contributed by atoms with Gasteiger partial charge in [0.1, 0.15) is 18.0 Å². The Morgan fingerprint density at radius 3 is 2.38 bits per heavy atom. The summed E-state index contributed by atoms with van der Waals surface area (Å²) in [5.74, 6) is -0.255. The predicted octanol–water partition coefficient (Wildman–Crippen LogP) is 2.95. The molecule has 0 unspecified atom stereocenters. The van der Waals surface area contributed by atoms with Crippen molar-refractivity contribution in [1.82, 2.24) is 25.1 Å². The largest absolute Gasteiger partial charge is 0.508 e. The normalized spacial score (nSPS) is 19.1. The Labute approximate surface area is 246 Å². The number of urea groups is 1. The molecule has 42 heavy (non-hydrogen) atoms. The molecule has 2 N–H and O–H groups in total. The van der Waals surface area contributed by atoms with Crippen LogP contribution in [0.15, 0.2) is 72.8 Å². The number of anilines is 1. The molecule has 3 aromatic carbocycles. The van der Waals surface area contributed by atoms with Crippen LogP contribution in [0, 0.1) is 6.92 Å². The van der Waals surface area contributed by atoms with Gasteiger partial charge < -0.3 is 25.1 Å². The number of benzene rings is 3. The number of aromatic hydroxyl groups is 1. The van der Waals surface area contributed by atoms with Crippen molar-refractivity contribution in [2.45, 2.75) is 38.6 Å². The lowest BCUT2D eigenvalue weighted by atomic mass is 9.97. The summed E-state index contributed by atoms with van der Waals surface area (Å²) in [6, 6.07) is 21.2. The summed E-state index contributed by atoms with van der Waals surface area (Å²) in [6.45, 7) is 2.87. The van der Waals surface area contributed by atoms with Crippen molar-refractivity contribution in [2.24, 2.45) is 0 Å². The van der Waals surface area contributed by atoms with Gasteiger partial charge >= 0.3 is 6.03 Å². The first kappa shape index (κ1) is 28.9. The van der Waals surface area contributed by atoms with Gasteiger partial charge in [0, 0.05) is 46.3 Å². The predicted molar refractivity (Wildman–Crippen MR) is 160 cm³/mol. The Bertz CT molecular complexity index is 1450. The number of rotatable bonds is 7. The van der Waals surface area contributed by atoms with Crippen LogP contribution in [0.25, 0.3) is 0 Å². The van der Waals surface area contributed by atoms with Crippen LogP contribution >= 0.6 is 0 Å². The quantitative estimate of drug-likeness (QED) is 0.453. The van der Waals surface area contributed by atoms with Crippen LogP contribution in [0.5, 0.6) is 5.75 Å². The van der Waals surface area contributed by atoms with Crippen LogP contribution in [0.2, 0.25) is 0 Å². The van der Waals surface area contributed by atoms with Gasteiger partial charge in [-0.05, 0) is 47.4 Å². The SMILES string of the molecule is Cc1c(CN2C[C@@H]3N(C(=O)CN(C)N3C(=O)NCc3ccccc3)[C@@H](Cc3ccc(O)cc3)C2=O)cccc1N(C)C. The number of nitrogens with one attached hydrogen (secondary N) is 1. The molecule has 0 radical (unpaired) electrons. The fraction of sp³-hybridized carbons (Fsp3) is 0.344. The van der Waals surface area contributed by atoms with Gasteiger partial charge in [0.25, 0.3) is 0 Å². The van der Waals surface area contributed by atoms with Gasteiger partial charge in [-0.2, -0.15) is 0 Å². The molecule has 0 aromatic heterocycles. The van der Waals surface area contributed by atoms with Crippen LogP contribution in [0.4, 0.5) is 10.5 Å². The van der Waals surface area contributed by atoms with E-state index >= 15 is 0 Å². The zero-order valence-corrected chi connectivity index (χ0v) is 24.5. The van der Waals surface area contributed by atoms with Crippen molar-refractivity contribution >= 4 is 23.5 Å². The maximum Gasteiger partial charge on any atom is 0.334 e. The number of phenols is 1. The number of carbonyl (C=O) groups excluding carboxylic acids is 3. The molecule has 2 aliphatic rings. The lowest BCUT2D eigenvalue weighted by Gasteiger charge is -2.54. The molecule has 0 saturated carbocycles. The topological polar surface area (TPSA) is 99.7 Å². The van der Waals surface area contributed by atoms with Crippen LogP contribution < -0.4 is 10.2 Å². The van der Waals surface area contributed by atoms with Crippen LogP contribution in [-0.4, -0.2) is 89.2 Å². The molecular formula is C32H38N6O4. The summed E-state index contributed by atoms with van der Waals surface area (Å²) in [4.78, 5) is 46.7. The van der Waals surface area contributed by atoms with E-state index in [1.54, 1.807) is 51.1 Å². The molecule has 10 heteroatoms. The second kappa shape index (κ2) is 12.1. The maximum atomic E-state index is 14.1. The average molecular weight is 571 g/mol. The van der Waals surface area contributed by atoms with E-state index in [0.717, 1.165) is 27.9 Å². The third-order valence-electron chi connectivity index (χ3n) is 8.06. The fourth-order valence-electron chi connectivity index (χ4n) is 5.89. The van der Waals surface area contributed by atoms with E-state index in [1.807, 2.05) is 74.4 Å². The fourth-order valence-corrected chi connectivity index (χ4v) is 5.89. The zero-order chi connectivity index (χ0) is 30.0. The molecular weight excluding hydrogens is 532 g/mol. The van der Waals surface area contributed by atoms with Crippen molar-refractivity contribution in [3.63, 3.8) is 0 Å². The smallest absolute Gasteiger partial charge is 0.334 e. The summed E-state index contributed by atoms with van der Waals surface area (Å²) >= 11 is 0. The highest BCUT2D eigenvalue weighted by Crippen LogP contribution is 2.30. The third kappa shape index (κ3) is 5.89. The first-order valence-corrected chi connectivity index (χ1v) is 14.1. The molecule has 0 aliphatic carbocycles. The number of hydrogen-bond acceptors (Lipinski definition) is 6. The van der Waals surface area contributed by atoms with Crippen LogP contribution in [0.3, 0.4) is 0 Å². The highest BCUT2D eigenvalue weighted by atomic mass is 16.3. The number of amides is 4. The Hall–Kier alpha value is -4.57. The van der Waals surface area contributed by atoms with E-state index in [4.69, 9.17) is 0 Å². The van der Waals surface area contributed by atoms with E-state index in [1.165, 1.54) is 0 Å². The molecule has 2 atom stereocenters. The van der Waals surface area contributed by atoms with E-state index in [2.05, 4.69) is 5.32 Å². The minimum atomic E-state index is -0.809. The number of piperazine rings is 1. The molecule has 2 aliphatic heterocycles. The van der Waals surface area contributed by atoms with Gasteiger partial charge in [-0.15, -0.1) is 0 Å². The van der Waals surface area contributed by atoms with Gasteiger partial charge in [-0.3, -0.25) is 9.59 Å². The van der Waals surface area contributed by atoms with Gasteiger partial charge in [0.15, 0.2) is 0 Å². The summed E-state index contributed by atoms with van der Waals surface area (Å²) < 4.78 is 0. The van der Waals surface area contributed by atoms with Crippen molar-refractivity contribution in [3.8, 4) is 5.75 Å². The standard InChI is InChI=1S/C32H38N6O4/c1-22-25(11-8-12-27(22)34(2)3)19-36-20-29-37(28(31(36)41)17-23-13-15-26(39)16-14-23)30(40)21-35(4)38(29)32(42)33-18-24-9-6-5-7-10-24/h5-16,28-29,39H,17-21H2,1-4H3,(H,33,42)/t28-,29+/m0/s1. The van der Waals surface area contributed by atoms with Crippen molar-refractivity contribution < 1.29 is 19.5 Å². The molecule has 10 nitrogen and oxygen atoms in total. The van der Waals surface area contributed by atoms with E-state index in [9.17, 15) is 19.5 Å². The molecule has 220 valence electrons. The van der Waals surface area contributed by atoms with E-state index < -0.39 is 12.2 Å². The van der Waals surface area contributed by atoms with Gasteiger partial charge in [0.05, 0.1) is 13.1 Å². The molecule has 0 spiro atoms. The first-order valence-electron chi connectivity index (χ1n) is 14.1. The van der Waals surface area contributed by atoms with Gasteiger partial charge in [-0.1, -0.05) is 54.6 Å². The lowest BCUT2D eigenvalue weighted by molar-refractivity contribution is -0.187. The minimum absolute atomic E-state index is 0.0292. The number of likely N-dealkylation sites (N-methyl/N-ethyl adjacent to an activating group) is 1. The number of hydrogen-bond donors (Lipinski definition) is 2. The van der Waals surface area contributed by atoms with E-state index in [0.29, 0.717) is 13.1 Å². The molecule has 0 bridgehead atoms.